The van der Waals surface area contributed by atoms with E-state index in [-0.39, 0.29) is 17.1 Å². The summed E-state index contributed by atoms with van der Waals surface area (Å²) in [5.41, 5.74) is 1.02. The first-order valence-corrected chi connectivity index (χ1v) is 11.0. The van der Waals surface area contributed by atoms with E-state index in [9.17, 15) is 18.0 Å². The monoisotopic (exact) mass is 417 g/mol. The van der Waals surface area contributed by atoms with E-state index in [0.717, 1.165) is 0 Å². The summed E-state index contributed by atoms with van der Waals surface area (Å²) in [5.74, 6) is -0.271. The molecule has 0 radical (unpaired) electrons. The minimum atomic E-state index is -3.35. The van der Waals surface area contributed by atoms with Crippen LogP contribution in [-0.4, -0.2) is 45.2 Å². The number of hydrogen-bond acceptors (Lipinski definition) is 6. The Morgan fingerprint density at radius 3 is 2.45 bits per heavy atom. The Bertz CT molecular complexity index is 1000. The largest absolute Gasteiger partial charge is 0.494 e. The molecule has 0 N–H and O–H groups in total. The van der Waals surface area contributed by atoms with Crippen LogP contribution in [0.25, 0.3) is 0 Å². The zero-order valence-corrected chi connectivity index (χ0v) is 17.1. The third kappa shape index (κ3) is 4.76. The van der Waals surface area contributed by atoms with Crippen molar-refractivity contribution >= 4 is 27.5 Å². The summed E-state index contributed by atoms with van der Waals surface area (Å²) in [7, 11) is -3.35. The van der Waals surface area contributed by atoms with Crippen LogP contribution >= 0.6 is 0 Å². The van der Waals surface area contributed by atoms with E-state index < -0.39 is 22.1 Å². The van der Waals surface area contributed by atoms with E-state index in [0.29, 0.717) is 36.6 Å². The SMILES string of the molecule is CCOc1ccc(C(=O)[C@@H](C)OC(=O)c2cccc(N3CCCS3(=O)=O)c2)cc1. The molecular weight excluding hydrogens is 394 g/mol. The molecule has 0 spiro atoms. The van der Waals surface area contributed by atoms with Crippen LogP contribution in [0.2, 0.25) is 0 Å². The van der Waals surface area contributed by atoms with E-state index in [4.69, 9.17) is 9.47 Å². The molecule has 154 valence electrons. The summed E-state index contributed by atoms with van der Waals surface area (Å²) in [4.78, 5) is 25.0. The van der Waals surface area contributed by atoms with Crippen molar-refractivity contribution in [1.82, 2.24) is 0 Å². The fourth-order valence-corrected chi connectivity index (χ4v) is 4.67. The third-order valence-corrected chi connectivity index (χ3v) is 6.44. The van der Waals surface area contributed by atoms with Crippen LogP contribution in [0.1, 0.15) is 41.0 Å². The first-order chi connectivity index (χ1) is 13.8. The van der Waals surface area contributed by atoms with Crippen LogP contribution in [0.15, 0.2) is 48.5 Å². The average molecular weight is 417 g/mol. The van der Waals surface area contributed by atoms with E-state index >= 15 is 0 Å². The zero-order valence-electron chi connectivity index (χ0n) is 16.3. The van der Waals surface area contributed by atoms with Gasteiger partial charge < -0.3 is 9.47 Å². The van der Waals surface area contributed by atoms with Crippen molar-refractivity contribution in [2.75, 3.05) is 23.2 Å². The maximum atomic E-state index is 12.5. The lowest BCUT2D eigenvalue weighted by atomic mass is 10.1. The Balaban J connectivity index is 1.69. The van der Waals surface area contributed by atoms with Crippen molar-refractivity contribution < 1.29 is 27.5 Å². The van der Waals surface area contributed by atoms with E-state index in [2.05, 4.69) is 0 Å². The van der Waals surface area contributed by atoms with Gasteiger partial charge in [-0.1, -0.05) is 6.07 Å². The summed E-state index contributed by atoms with van der Waals surface area (Å²) in [6.07, 6.45) is -0.440. The lowest BCUT2D eigenvalue weighted by molar-refractivity contribution is 0.0319. The predicted octanol–water partition coefficient (Wildman–Crippen LogP) is 3.05. The summed E-state index contributed by atoms with van der Waals surface area (Å²) in [5, 5.41) is 0. The van der Waals surface area contributed by atoms with E-state index in [1.54, 1.807) is 36.4 Å². The van der Waals surface area contributed by atoms with Crippen LogP contribution in [0.5, 0.6) is 5.75 Å². The normalized spacial score (nSPS) is 16.3. The second-order valence-corrected chi connectivity index (χ2v) is 8.67. The van der Waals surface area contributed by atoms with Crippen LogP contribution in [-0.2, 0) is 14.8 Å². The second kappa shape index (κ2) is 8.65. The molecule has 7 nitrogen and oxygen atoms in total. The molecule has 3 rings (SSSR count). The Kier molecular flexibility index (Phi) is 6.22. The molecule has 0 bridgehead atoms. The van der Waals surface area contributed by atoms with Gasteiger partial charge in [0.05, 0.1) is 23.6 Å². The fraction of sp³-hybridized carbons (Fsp3) is 0.333. The second-order valence-electron chi connectivity index (χ2n) is 6.66. The molecule has 0 amide bonds. The number of ketones is 1. The van der Waals surface area contributed by atoms with Gasteiger partial charge in [-0.3, -0.25) is 9.10 Å². The first-order valence-electron chi connectivity index (χ1n) is 9.40. The molecule has 0 unspecified atom stereocenters. The van der Waals surface area contributed by atoms with Crippen molar-refractivity contribution in [2.45, 2.75) is 26.4 Å². The molecule has 1 aliphatic heterocycles. The summed E-state index contributed by atoms with van der Waals surface area (Å²) < 4.78 is 36.1. The number of Topliss-reactive ketones (excluding diaryl/α,β-unsaturated/α-hetero) is 1. The standard InChI is InChI=1S/C21H23NO6S/c1-3-27-19-10-8-16(9-11-19)20(23)15(2)28-21(24)17-6-4-7-18(14-17)22-12-5-13-29(22,25)26/h4,6-11,14-15H,3,5,12-13H2,1-2H3/t15-/m1/s1. The van der Waals surface area contributed by atoms with Crippen molar-refractivity contribution in [2.24, 2.45) is 0 Å². The number of carbonyl (C=O) groups is 2. The number of sulfonamides is 1. The topological polar surface area (TPSA) is 90.0 Å². The molecule has 0 aromatic heterocycles. The molecule has 29 heavy (non-hydrogen) atoms. The van der Waals surface area contributed by atoms with Crippen LogP contribution in [0.3, 0.4) is 0 Å². The number of benzene rings is 2. The molecule has 8 heteroatoms. The van der Waals surface area contributed by atoms with E-state index in [1.807, 2.05) is 6.92 Å². The number of carbonyl (C=O) groups excluding carboxylic acids is 2. The van der Waals surface area contributed by atoms with Crippen molar-refractivity contribution in [3.63, 3.8) is 0 Å². The summed E-state index contributed by atoms with van der Waals surface area (Å²) in [6, 6.07) is 12.8. The van der Waals surface area contributed by atoms with E-state index in [1.165, 1.54) is 23.4 Å². The van der Waals surface area contributed by atoms with Crippen LogP contribution in [0, 0.1) is 0 Å². The molecule has 1 aliphatic rings. The molecule has 2 aromatic rings. The highest BCUT2D eigenvalue weighted by atomic mass is 32.2. The van der Waals surface area contributed by atoms with Gasteiger partial charge in [-0.15, -0.1) is 0 Å². The highest BCUT2D eigenvalue weighted by Crippen LogP contribution is 2.25. The van der Waals surface area contributed by atoms with Crippen molar-refractivity contribution in [1.29, 1.82) is 0 Å². The molecule has 1 heterocycles. The molecule has 1 saturated heterocycles. The summed E-state index contributed by atoms with van der Waals surface area (Å²) in [6.45, 7) is 4.28. The quantitative estimate of drug-likeness (QED) is 0.508. The molecule has 2 aromatic carbocycles. The first kappa shape index (κ1) is 20.9. The highest BCUT2D eigenvalue weighted by Gasteiger charge is 2.29. The number of anilines is 1. The Morgan fingerprint density at radius 2 is 1.83 bits per heavy atom. The van der Waals surface area contributed by atoms with Gasteiger partial charge in [-0.25, -0.2) is 13.2 Å². The fourth-order valence-electron chi connectivity index (χ4n) is 3.12. The maximum absolute atomic E-state index is 12.5. The predicted molar refractivity (Wildman–Crippen MR) is 109 cm³/mol. The lowest BCUT2D eigenvalue weighted by Gasteiger charge is -2.18. The van der Waals surface area contributed by atoms with Crippen LogP contribution < -0.4 is 9.04 Å². The Hall–Kier alpha value is -2.87. The Morgan fingerprint density at radius 1 is 1.10 bits per heavy atom. The molecule has 1 atom stereocenters. The zero-order chi connectivity index (χ0) is 21.0. The number of rotatable bonds is 7. The van der Waals surface area contributed by atoms with Gasteiger partial charge in [0.1, 0.15) is 5.75 Å². The third-order valence-electron chi connectivity index (χ3n) is 4.57. The lowest BCUT2D eigenvalue weighted by Crippen LogP contribution is -2.26. The van der Waals surface area contributed by atoms with Crippen molar-refractivity contribution in [3.05, 3.63) is 59.7 Å². The highest BCUT2D eigenvalue weighted by molar-refractivity contribution is 7.93. The van der Waals surface area contributed by atoms with Gasteiger partial charge in [0.25, 0.3) is 0 Å². The molecule has 1 fully saturated rings. The number of esters is 1. The molecule has 0 saturated carbocycles. The molecular formula is C21H23NO6S. The van der Waals surface area contributed by atoms with Gasteiger partial charge in [-0.05, 0) is 62.7 Å². The van der Waals surface area contributed by atoms with Gasteiger partial charge in [-0.2, -0.15) is 0 Å². The van der Waals surface area contributed by atoms with Gasteiger partial charge in [0, 0.05) is 12.1 Å². The number of ether oxygens (including phenoxy) is 2. The smallest absolute Gasteiger partial charge is 0.338 e. The number of hydrogen-bond donors (Lipinski definition) is 0. The maximum Gasteiger partial charge on any atom is 0.338 e. The minimum Gasteiger partial charge on any atom is -0.494 e. The number of nitrogens with zero attached hydrogens (tertiary/aromatic N) is 1. The van der Waals surface area contributed by atoms with Gasteiger partial charge in [0.2, 0.25) is 15.8 Å². The van der Waals surface area contributed by atoms with Crippen LogP contribution in [0.4, 0.5) is 5.69 Å². The molecule has 0 aliphatic carbocycles. The Labute approximate surface area is 170 Å². The van der Waals surface area contributed by atoms with Gasteiger partial charge >= 0.3 is 5.97 Å². The van der Waals surface area contributed by atoms with Crippen molar-refractivity contribution in [3.8, 4) is 5.75 Å². The summed E-state index contributed by atoms with van der Waals surface area (Å²) >= 11 is 0. The van der Waals surface area contributed by atoms with Gasteiger partial charge in [0.15, 0.2) is 6.10 Å². The minimum absolute atomic E-state index is 0.0926. The average Bonchev–Trinajstić information content (AvgIpc) is 3.07.